The monoisotopic (exact) mass is 321 g/mol. The van der Waals surface area contributed by atoms with Crippen molar-refractivity contribution in [1.29, 1.82) is 0 Å². The highest BCUT2D eigenvalue weighted by molar-refractivity contribution is 9.10. The quantitative estimate of drug-likeness (QED) is 0.807. The average Bonchev–Trinajstić information content (AvgIpc) is 2.58. The number of hydrogen-bond donors (Lipinski definition) is 2. The lowest BCUT2D eigenvalue weighted by atomic mass is 10.3. The molecule has 3 nitrogen and oxygen atoms in total. The van der Waals surface area contributed by atoms with E-state index >= 15 is 0 Å². The summed E-state index contributed by atoms with van der Waals surface area (Å²) >= 11 is 15.7. The summed E-state index contributed by atoms with van der Waals surface area (Å²) < 4.78 is 1.58. The lowest BCUT2D eigenvalue weighted by Gasteiger charge is -2.04. The summed E-state index contributed by atoms with van der Waals surface area (Å²) in [6, 6.07) is 5.56. The number of aromatic nitrogens is 2. The van der Waals surface area contributed by atoms with Crippen LogP contribution >= 0.6 is 51.1 Å². The van der Waals surface area contributed by atoms with Crippen LogP contribution in [0.4, 0.5) is 10.8 Å². The van der Waals surface area contributed by atoms with Crippen LogP contribution < -0.4 is 5.32 Å². The first-order valence-corrected chi connectivity index (χ1v) is 6.32. The maximum absolute atomic E-state index is 6.01. The van der Waals surface area contributed by atoms with E-state index in [1.165, 1.54) is 11.3 Å². The minimum atomic E-state index is 0.628. The molecule has 0 atom stereocenters. The normalized spacial score (nSPS) is 10.3. The number of benzene rings is 1. The largest absolute Gasteiger partial charge is 0.329 e. The van der Waals surface area contributed by atoms with Crippen LogP contribution in [0.1, 0.15) is 0 Å². The minimum Gasteiger partial charge on any atom is -0.329 e. The zero-order valence-corrected chi connectivity index (χ0v) is 11.2. The number of rotatable bonds is 2. The molecular weight excluding hydrogens is 318 g/mol. The van der Waals surface area contributed by atoms with Gasteiger partial charge in [0.2, 0.25) is 5.13 Å². The zero-order chi connectivity index (χ0) is 10.8. The van der Waals surface area contributed by atoms with Crippen LogP contribution in [-0.2, 0) is 0 Å². The Kier molecular flexibility index (Phi) is 3.40. The number of aromatic amines is 1. The molecule has 0 spiro atoms. The highest BCUT2D eigenvalue weighted by Crippen LogP contribution is 2.29. The third-order valence-corrected chi connectivity index (χ3v) is 3.44. The summed E-state index contributed by atoms with van der Waals surface area (Å²) in [6.07, 6.45) is 0. The summed E-state index contributed by atoms with van der Waals surface area (Å²) in [5.74, 6) is 0. The molecule has 7 heteroatoms. The Hall–Kier alpha value is -0.430. The first-order valence-electron chi connectivity index (χ1n) is 3.93. The molecule has 78 valence electrons. The fourth-order valence-electron chi connectivity index (χ4n) is 0.992. The topological polar surface area (TPSA) is 40.7 Å². The smallest absolute Gasteiger partial charge is 0.208 e. The van der Waals surface area contributed by atoms with Crippen LogP contribution in [0, 0.1) is 3.95 Å². The molecule has 1 heterocycles. The average molecular weight is 323 g/mol. The first-order chi connectivity index (χ1) is 7.15. The van der Waals surface area contributed by atoms with Crippen LogP contribution in [0.2, 0.25) is 5.02 Å². The second kappa shape index (κ2) is 4.61. The van der Waals surface area contributed by atoms with Crippen molar-refractivity contribution in [2.75, 3.05) is 5.32 Å². The first kappa shape index (κ1) is 11.1. The van der Waals surface area contributed by atoms with E-state index in [0.29, 0.717) is 14.1 Å². The molecule has 0 aliphatic rings. The lowest BCUT2D eigenvalue weighted by molar-refractivity contribution is 1.08. The van der Waals surface area contributed by atoms with Gasteiger partial charge < -0.3 is 5.32 Å². The molecule has 1 aromatic heterocycles. The fourth-order valence-corrected chi connectivity index (χ4v) is 2.32. The van der Waals surface area contributed by atoms with Crippen molar-refractivity contribution in [3.05, 3.63) is 31.6 Å². The van der Waals surface area contributed by atoms with E-state index in [1.807, 2.05) is 12.1 Å². The molecule has 0 unspecified atom stereocenters. The number of nitrogens with zero attached hydrogens (tertiary/aromatic N) is 1. The van der Waals surface area contributed by atoms with Crippen LogP contribution in [0.5, 0.6) is 0 Å². The molecule has 0 saturated heterocycles. The van der Waals surface area contributed by atoms with Crippen molar-refractivity contribution in [3.8, 4) is 0 Å². The molecule has 2 aromatic rings. The van der Waals surface area contributed by atoms with E-state index in [2.05, 4.69) is 31.4 Å². The molecule has 1 aromatic carbocycles. The molecule has 15 heavy (non-hydrogen) atoms. The van der Waals surface area contributed by atoms with Gasteiger partial charge in [0, 0.05) is 4.47 Å². The van der Waals surface area contributed by atoms with E-state index < -0.39 is 0 Å². The van der Waals surface area contributed by atoms with Gasteiger partial charge in [0.25, 0.3) is 0 Å². The summed E-state index contributed by atoms with van der Waals surface area (Å²) in [5.41, 5.74) is 0.795. The van der Waals surface area contributed by atoms with Gasteiger partial charge in [-0.1, -0.05) is 38.9 Å². The number of nitrogens with one attached hydrogen (secondary N) is 2. The van der Waals surface area contributed by atoms with E-state index in [1.54, 1.807) is 6.07 Å². The van der Waals surface area contributed by atoms with Gasteiger partial charge in [-0.2, -0.15) is 0 Å². The van der Waals surface area contributed by atoms with Crippen LogP contribution in [-0.4, -0.2) is 10.2 Å². The van der Waals surface area contributed by atoms with Crippen molar-refractivity contribution in [1.82, 2.24) is 10.2 Å². The predicted octanol–water partition coefficient (Wildman–Crippen LogP) is 4.36. The van der Waals surface area contributed by atoms with Gasteiger partial charge in [-0.15, -0.1) is 5.10 Å². The third kappa shape index (κ3) is 2.78. The van der Waals surface area contributed by atoms with Gasteiger partial charge in [-0.25, -0.2) is 0 Å². The third-order valence-electron chi connectivity index (χ3n) is 1.61. The van der Waals surface area contributed by atoms with Crippen molar-refractivity contribution in [2.24, 2.45) is 0 Å². The van der Waals surface area contributed by atoms with E-state index in [0.717, 1.165) is 10.2 Å². The SMILES string of the molecule is S=c1[nH]nc(Nc2cc(Br)ccc2Cl)s1. The summed E-state index contributed by atoms with van der Waals surface area (Å²) in [4.78, 5) is 0. The Morgan fingerprint density at radius 1 is 1.53 bits per heavy atom. The Balaban J connectivity index is 2.31. The van der Waals surface area contributed by atoms with E-state index in [4.69, 9.17) is 23.8 Å². The lowest BCUT2D eigenvalue weighted by Crippen LogP contribution is -1.90. The zero-order valence-electron chi connectivity index (χ0n) is 7.25. The van der Waals surface area contributed by atoms with Gasteiger partial charge in [0.15, 0.2) is 3.95 Å². The van der Waals surface area contributed by atoms with Crippen LogP contribution in [0.3, 0.4) is 0 Å². The number of hydrogen-bond acceptors (Lipinski definition) is 4. The molecule has 0 saturated carbocycles. The van der Waals surface area contributed by atoms with Crippen LogP contribution in [0.15, 0.2) is 22.7 Å². The van der Waals surface area contributed by atoms with E-state index in [-0.39, 0.29) is 0 Å². The molecule has 0 fully saturated rings. The highest BCUT2D eigenvalue weighted by Gasteiger charge is 2.03. The minimum absolute atomic E-state index is 0.628. The van der Waals surface area contributed by atoms with Crippen molar-refractivity contribution in [2.45, 2.75) is 0 Å². The second-order valence-electron chi connectivity index (χ2n) is 2.67. The van der Waals surface area contributed by atoms with Gasteiger partial charge in [-0.05, 0) is 30.4 Å². The summed E-state index contributed by atoms with van der Waals surface area (Å²) in [6.45, 7) is 0. The molecule has 2 rings (SSSR count). The molecule has 2 N–H and O–H groups in total. The highest BCUT2D eigenvalue weighted by atomic mass is 79.9. The number of halogens is 2. The Labute approximate surface area is 109 Å². The summed E-state index contributed by atoms with van der Waals surface area (Å²) in [7, 11) is 0. The Morgan fingerprint density at radius 2 is 2.33 bits per heavy atom. The number of anilines is 2. The van der Waals surface area contributed by atoms with Gasteiger partial charge in [0.05, 0.1) is 10.7 Å². The summed E-state index contributed by atoms with van der Waals surface area (Å²) in [5, 5.41) is 11.1. The molecule has 0 bridgehead atoms. The second-order valence-corrected chi connectivity index (χ2v) is 5.66. The Bertz CT molecular complexity index is 537. The maximum atomic E-state index is 6.01. The standard InChI is InChI=1S/C8H5BrClN3S2/c9-4-1-2-5(10)6(3-4)11-7-12-13-8(14)15-7/h1-3H,(H,11,12)(H,13,14). The molecular formula is C8H5BrClN3S2. The van der Waals surface area contributed by atoms with Crippen LogP contribution in [0.25, 0.3) is 0 Å². The van der Waals surface area contributed by atoms with Gasteiger partial charge >= 0.3 is 0 Å². The maximum Gasteiger partial charge on any atom is 0.208 e. The Morgan fingerprint density at radius 3 is 3.00 bits per heavy atom. The van der Waals surface area contributed by atoms with Gasteiger partial charge in [0.1, 0.15) is 0 Å². The number of H-pyrrole nitrogens is 1. The molecule has 0 amide bonds. The van der Waals surface area contributed by atoms with E-state index in [9.17, 15) is 0 Å². The predicted molar refractivity (Wildman–Crippen MR) is 69.7 cm³/mol. The molecule has 0 radical (unpaired) electrons. The van der Waals surface area contributed by atoms with Crippen molar-refractivity contribution < 1.29 is 0 Å². The fraction of sp³-hybridized carbons (Fsp3) is 0. The van der Waals surface area contributed by atoms with Gasteiger partial charge in [-0.3, -0.25) is 5.10 Å². The van der Waals surface area contributed by atoms with Crippen molar-refractivity contribution >= 4 is 61.9 Å². The van der Waals surface area contributed by atoms with Crippen molar-refractivity contribution in [3.63, 3.8) is 0 Å². The molecule has 0 aliphatic heterocycles. The molecule has 0 aliphatic carbocycles.